The van der Waals surface area contributed by atoms with E-state index in [1.54, 1.807) is 7.11 Å². The van der Waals surface area contributed by atoms with Gasteiger partial charge in [0.1, 0.15) is 0 Å². The van der Waals surface area contributed by atoms with Crippen LogP contribution in [0.5, 0.6) is 0 Å². The van der Waals surface area contributed by atoms with Crippen LogP contribution < -0.4 is 0 Å². The maximum atomic E-state index is 6.14. The summed E-state index contributed by atoms with van der Waals surface area (Å²) >= 11 is 6.14. The molecule has 1 heterocycles. The first kappa shape index (κ1) is 9.97. The zero-order valence-electron chi connectivity index (χ0n) is 8.24. The van der Waals surface area contributed by atoms with Gasteiger partial charge in [-0.15, -0.1) is 0 Å². The molecule has 0 amide bonds. The molecule has 0 N–H and O–H groups in total. The van der Waals surface area contributed by atoms with Crippen LogP contribution in [0.3, 0.4) is 0 Å². The number of rotatable bonds is 2. The average Bonchev–Trinajstić information content (AvgIpc) is 2.66. The first-order valence-corrected chi connectivity index (χ1v) is 5.26. The van der Waals surface area contributed by atoms with Crippen LogP contribution in [0.15, 0.2) is 24.3 Å². The van der Waals surface area contributed by atoms with Crippen LogP contribution in [0.1, 0.15) is 24.4 Å². The second-order valence-electron chi connectivity index (χ2n) is 3.50. The van der Waals surface area contributed by atoms with E-state index in [0.717, 1.165) is 18.0 Å². The van der Waals surface area contributed by atoms with Gasteiger partial charge in [0, 0.05) is 11.6 Å². The average molecular weight is 212 g/mol. The summed E-state index contributed by atoms with van der Waals surface area (Å²) in [6.07, 6.45) is 2.29. The van der Waals surface area contributed by atoms with E-state index in [2.05, 4.69) is 6.07 Å². The van der Waals surface area contributed by atoms with Crippen molar-refractivity contribution in [2.24, 2.45) is 0 Å². The molecule has 1 fully saturated rings. The van der Waals surface area contributed by atoms with Gasteiger partial charge in [-0.05, 0) is 24.5 Å². The molecule has 0 aromatic heterocycles. The summed E-state index contributed by atoms with van der Waals surface area (Å²) in [5.41, 5.74) is 1.17. The van der Waals surface area contributed by atoms with Gasteiger partial charge in [0.2, 0.25) is 0 Å². The fourth-order valence-corrected chi connectivity index (χ4v) is 2.28. The second-order valence-corrected chi connectivity index (χ2v) is 3.91. The molecule has 2 nitrogen and oxygen atoms in total. The number of benzene rings is 1. The van der Waals surface area contributed by atoms with E-state index in [1.807, 2.05) is 23.3 Å². The fraction of sp³-hybridized carbons (Fsp3) is 0.455. The summed E-state index contributed by atoms with van der Waals surface area (Å²) < 4.78 is 0. The minimum Gasteiger partial charge on any atom is -0.302 e. The summed E-state index contributed by atoms with van der Waals surface area (Å²) in [6, 6.07) is 8.31. The van der Waals surface area contributed by atoms with Crippen LogP contribution in [0, 0.1) is 0 Å². The Morgan fingerprint density at radius 2 is 2.21 bits per heavy atom. The van der Waals surface area contributed by atoms with Crippen molar-refractivity contribution in [3.05, 3.63) is 34.9 Å². The van der Waals surface area contributed by atoms with Gasteiger partial charge in [-0.2, -0.15) is 5.06 Å². The maximum absolute atomic E-state index is 6.14. The molecule has 1 aliphatic rings. The zero-order chi connectivity index (χ0) is 9.97. The molecule has 1 aromatic carbocycles. The zero-order valence-corrected chi connectivity index (χ0v) is 9.00. The summed E-state index contributed by atoms with van der Waals surface area (Å²) in [4.78, 5) is 5.31. The van der Waals surface area contributed by atoms with Gasteiger partial charge >= 0.3 is 0 Å². The largest absolute Gasteiger partial charge is 0.302 e. The molecule has 0 aliphatic carbocycles. The Balaban J connectivity index is 2.26. The van der Waals surface area contributed by atoms with Gasteiger partial charge in [0.25, 0.3) is 0 Å². The molecule has 0 radical (unpaired) electrons. The Hall–Kier alpha value is -0.570. The Labute approximate surface area is 89.4 Å². The van der Waals surface area contributed by atoms with Crippen molar-refractivity contribution in [3.8, 4) is 0 Å². The van der Waals surface area contributed by atoms with Gasteiger partial charge in [-0.3, -0.25) is 0 Å². The predicted molar refractivity (Wildman–Crippen MR) is 57.1 cm³/mol. The van der Waals surface area contributed by atoms with Gasteiger partial charge in [-0.25, -0.2) is 0 Å². The molecular weight excluding hydrogens is 198 g/mol. The van der Waals surface area contributed by atoms with E-state index in [4.69, 9.17) is 16.4 Å². The highest BCUT2D eigenvalue weighted by molar-refractivity contribution is 6.31. The van der Waals surface area contributed by atoms with E-state index in [1.165, 1.54) is 12.0 Å². The number of nitrogens with zero attached hydrogens (tertiary/aromatic N) is 1. The molecule has 0 bridgehead atoms. The molecule has 1 atom stereocenters. The Morgan fingerprint density at radius 3 is 2.93 bits per heavy atom. The van der Waals surface area contributed by atoms with Crippen LogP contribution >= 0.6 is 11.6 Å². The fourth-order valence-electron chi connectivity index (χ4n) is 2.01. The minimum atomic E-state index is 0.327. The van der Waals surface area contributed by atoms with E-state index < -0.39 is 0 Å². The highest BCUT2D eigenvalue weighted by atomic mass is 35.5. The molecule has 0 unspecified atom stereocenters. The first-order valence-electron chi connectivity index (χ1n) is 4.88. The minimum absolute atomic E-state index is 0.327. The third kappa shape index (κ3) is 1.78. The molecule has 1 saturated heterocycles. The van der Waals surface area contributed by atoms with E-state index in [-0.39, 0.29) is 0 Å². The van der Waals surface area contributed by atoms with E-state index in [0.29, 0.717) is 6.04 Å². The number of hydrogen-bond acceptors (Lipinski definition) is 2. The van der Waals surface area contributed by atoms with Crippen molar-refractivity contribution in [2.75, 3.05) is 13.7 Å². The molecular formula is C11H14ClNO. The van der Waals surface area contributed by atoms with Crippen LogP contribution in [-0.2, 0) is 4.84 Å². The molecule has 1 aliphatic heterocycles. The standard InChI is InChI=1S/C11H14ClNO/c1-14-13-8-4-7-11(13)9-5-2-3-6-10(9)12/h2-3,5-6,11H,4,7-8H2,1H3/t11-/m1/s1. The quantitative estimate of drug-likeness (QED) is 0.746. The van der Waals surface area contributed by atoms with E-state index >= 15 is 0 Å². The molecule has 76 valence electrons. The smallest absolute Gasteiger partial charge is 0.0616 e. The molecule has 1 aromatic rings. The van der Waals surface area contributed by atoms with Crippen LogP contribution in [0.4, 0.5) is 0 Å². The van der Waals surface area contributed by atoms with Crippen molar-refractivity contribution < 1.29 is 4.84 Å². The Kier molecular flexibility index (Phi) is 3.06. The van der Waals surface area contributed by atoms with Crippen molar-refractivity contribution in [3.63, 3.8) is 0 Å². The lowest BCUT2D eigenvalue weighted by atomic mass is 10.1. The molecule has 14 heavy (non-hydrogen) atoms. The van der Waals surface area contributed by atoms with Crippen molar-refractivity contribution in [2.45, 2.75) is 18.9 Å². The van der Waals surface area contributed by atoms with Crippen LogP contribution in [0.25, 0.3) is 0 Å². The lowest BCUT2D eigenvalue weighted by Gasteiger charge is -2.22. The van der Waals surface area contributed by atoms with Crippen molar-refractivity contribution >= 4 is 11.6 Å². The van der Waals surface area contributed by atoms with Crippen molar-refractivity contribution in [1.82, 2.24) is 5.06 Å². The summed E-state index contributed by atoms with van der Waals surface area (Å²) in [5, 5.41) is 2.84. The highest BCUT2D eigenvalue weighted by Gasteiger charge is 2.27. The topological polar surface area (TPSA) is 12.5 Å². The summed E-state index contributed by atoms with van der Waals surface area (Å²) in [5.74, 6) is 0. The highest BCUT2D eigenvalue weighted by Crippen LogP contribution is 2.35. The molecule has 0 spiro atoms. The number of hydrogen-bond donors (Lipinski definition) is 0. The van der Waals surface area contributed by atoms with Gasteiger partial charge in [0.15, 0.2) is 0 Å². The van der Waals surface area contributed by atoms with Gasteiger partial charge in [-0.1, -0.05) is 29.8 Å². The van der Waals surface area contributed by atoms with Gasteiger partial charge < -0.3 is 4.84 Å². The van der Waals surface area contributed by atoms with Crippen LogP contribution in [0.2, 0.25) is 5.02 Å². The SMILES string of the molecule is CON1CCC[C@@H]1c1ccccc1Cl. The predicted octanol–water partition coefficient (Wildman–Crippen LogP) is 3.04. The normalized spacial score (nSPS) is 22.9. The molecule has 2 rings (SSSR count). The third-order valence-electron chi connectivity index (χ3n) is 2.70. The summed E-state index contributed by atoms with van der Waals surface area (Å²) in [7, 11) is 1.72. The molecule has 3 heteroatoms. The van der Waals surface area contributed by atoms with Crippen LogP contribution in [-0.4, -0.2) is 18.7 Å². The maximum Gasteiger partial charge on any atom is 0.0616 e. The first-order chi connectivity index (χ1) is 6.83. The van der Waals surface area contributed by atoms with Gasteiger partial charge in [0.05, 0.1) is 13.2 Å². The van der Waals surface area contributed by atoms with Crippen molar-refractivity contribution in [1.29, 1.82) is 0 Å². The Bertz CT molecular complexity index is 316. The molecule has 0 saturated carbocycles. The Morgan fingerprint density at radius 1 is 1.43 bits per heavy atom. The van der Waals surface area contributed by atoms with E-state index in [9.17, 15) is 0 Å². The third-order valence-corrected chi connectivity index (χ3v) is 3.05. The lowest BCUT2D eigenvalue weighted by Crippen LogP contribution is -2.21. The summed E-state index contributed by atoms with van der Waals surface area (Å²) in [6.45, 7) is 0.992. The monoisotopic (exact) mass is 211 g/mol. The number of hydroxylamine groups is 2. The number of halogens is 1. The second kappa shape index (κ2) is 4.30. The lowest BCUT2D eigenvalue weighted by molar-refractivity contribution is -0.142.